The Bertz CT molecular complexity index is 72.9. The van der Waals surface area contributed by atoms with Gasteiger partial charge in [0.15, 0.2) is 0 Å². The Hall–Kier alpha value is 0.700. The Morgan fingerprint density at radius 3 is 2.75 bits per heavy atom. The molecular weight excluding hydrogens is 136 g/mol. The van der Waals surface area contributed by atoms with Crippen LogP contribution >= 0.6 is 23.5 Å². The molecule has 1 saturated heterocycles. The Kier molecular flexibility index (Phi) is 2.57. The molecule has 1 heterocycles. The van der Waals surface area contributed by atoms with Gasteiger partial charge in [0.1, 0.15) is 0 Å². The maximum absolute atomic E-state index is 2.26. The van der Waals surface area contributed by atoms with Gasteiger partial charge in [0.05, 0.1) is 4.58 Å². The number of rotatable bonds is 1. The van der Waals surface area contributed by atoms with Gasteiger partial charge in [-0.3, -0.25) is 0 Å². The predicted octanol–water partition coefficient (Wildman–Crippen LogP) is 2.75. The first-order valence-electron chi connectivity index (χ1n) is 2.96. The third kappa shape index (κ3) is 1.59. The zero-order valence-corrected chi connectivity index (χ0v) is 6.94. The fourth-order valence-corrected chi connectivity index (χ4v) is 3.37. The van der Waals surface area contributed by atoms with E-state index in [1.807, 2.05) is 23.5 Å². The molecule has 1 radical (unpaired) electrons. The van der Waals surface area contributed by atoms with Gasteiger partial charge in [-0.05, 0) is 13.3 Å². The van der Waals surface area contributed by atoms with Gasteiger partial charge in [-0.2, -0.15) is 0 Å². The van der Waals surface area contributed by atoms with Crippen LogP contribution in [0.5, 0.6) is 0 Å². The lowest BCUT2D eigenvalue weighted by Gasteiger charge is -2.00. The zero-order valence-electron chi connectivity index (χ0n) is 5.31. The van der Waals surface area contributed by atoms with E-state index in [1.165, 1.54) is 12.2 Å². The van der Waals surface area contributed by atoms with E-state index in [-0.39, 0.29) is 0 Å². The maximum atomic E-state index is 2.26. The summed E-state index contributed by atoms with van der Waals surface area (Å²) in [5, 5.41) is 0.917. The van der Waals surface area contributed by atoms with Crippen molar-refractivity contribution in [3.8, 4) is 0 Å². The van der Waals surface area contributed by atoms with Crippen LogP contribution in [-0.4, -0.2) is 11.0 Å². The largest absolute Gasteiger partial charge is 0.141 e. The Labute approximate surface area is 59.8 Å². The van der Waals surface area contributed by atoms with E-state index < -0.39 is 0 Å². The molecule has 0 aromatic rings. The second kappa shape index (κ2) is 3.02. The summed E-state index contributed by atoms with van der Waals surface area (Å²) in [4.78, 5) is 0. The molecule has 2 heteroatoms. The van der Waals surface area contributed by atoms with Crippen molar-refractivity contribution in [2.75, 3.05) is 5.75 Å². The maximum Gasteiger partial charge on any atom is 0.0820 e. The van der Waals surface area contributed by atoms with Crippen molar-refractivity contribution in [2.45, 2.75) is 25.5 Å². The van der Waals surface area contributed by atoms with Gasteiger partial charge in [-0.1, -0.05) is 6.92 Å². The minimum atomic E-state index is 0.917. The summed E-state index contributed by atoms with van der Waals surface area (Å²) in [5.41, 5.74) is 0. The summed E-state index contributed by atoms with van der Waals surface area (Å²) >= 11 is 4.05. The fraction of sp³-hybridized carbons (Fsp3) is 0.833. The predicted molar refractivity (Wildman–Crippen MR) is 43.0 cm³/mol. The summed E-state index contributed by atoms with van der Waals surface area (Å²) in [5.74, 6) is 1.34. The molecule has 0 aliphatic carbocycles. The molecule has 0 amide bonds. The average molecular weight is 147 g/mol. The number of hydrogen-bond acceptors (Lipinski definition) is 2. The van der Waals surface area contributed by atoms with Crippen LogP contribution in [0.1, 0.15) is 20.3 Å². The molecule has 1 aliphatic rings. The fourth-order valence-electron chi connectivity index (χ4n) is 0.714. The highest BCUT2D eigenvalue weighted by molar-refractivity contribution is 8.24. The molecular formula is C6H11S2. The van der Waals surface area contributed by atoms with Crippen molar-refractivity contribution in [3.05, 3.63) is 4.58 Å². The molecule has 1 rings (SSSR count). The van der Waals surface area contributed by atoms with Crippen molar-refractivity contribution in [2.24, 2.45) is 0 Å². The molecule has 0 saturated carbocycles. The quantitative estimate of drug-likeness (QED) is 0.559. The van der Waals surface area contributed by atoms with E-state index in [4.69, 9.17) is 0 Å². The van der Waals surface area contributed by atoms with Gasteiger partial charge >= 0.3 is 0 Å². The first-order chi connectivity index (χ1) is 3.83. The molecule has 0 aromatic carbocycles. The highest BCUT2D eigenvalue weighted by Gasteiger charge is 2.20. The van der Waals surface area contributed by atoms with Crippen LogP contribution in [0.25, 0.3) is 0 Å². The van der Waals surface area contributed by atoms with Crippen LogP contribution in [0.3, 0.4) is 0 Å². The minimum absolute atomic E-state index is 0.917. The van der Waals surface area contributed by atoms with E-state index in [1.54, 1.807) is 4.58 Å². The van der Waals surface area contributed by atoms with Gasteiger partial charge in [-0.15, -0.1) is 23.5 Å². The van der Waals surface area contributed by atoms with Crippen LogP contribution in [0.2, 0.25) is 0 Å². The summed E-state index contributed by atoms with van der Waals surface area (Å²) in [7, 11) is 0. The smallest absolute Gasteiger partial charge is 0.0820 e. The van der Waals surface area contributed by atoms with Crippen molar-refractivity contribution in [1.29, 1.82) is 0 Å². The molecule has 8 heavy (non-hydrogen) atoms. The van der Waals surface area contributed by atoms with E-state index >= 15 is 0 Å². The van der Waals surface area contributed by atoms with Crippen LogP contribution in [-0.2, 0) is 0 Å². The van der Waals surface area contributed by atoms with Gasteiger partial charge < -0.3 is 0 Å². The number of hydrogen-bond donors (Lipinski definition) is 0. The molecule has 0 N–H and O–H groups in total. The van der Waals surface area contributed by atoms with E-state index in [0.29, 0.717) is 0 Å². The Morgan fingerprint density at radius 1 is 1.75 bits per heavy atom. The van der Waals surface area contributed by atoms with Gasteiger partial charge in [-0.25, -0.2) is 0 Å². The van der Waals surface area contributed by atoms with E-state index in [2.05, 4.69) is 13.8 Å². The topological polar surface area (TPSA) is 0 Å². The van der Waals surface area contributed by atoms with Crippen LogP contribution in [0.15, 0.2) is 0 Å². The molecule has 0 bridgehead atoms. The monoisotopic (exact) mass is 147 g/mol. The molecule has 1 atom stereocenters. The molecule has 1 aliphatic heterocycles. The Morgan fingerprint density at radius 2 is 2.50 bits per heavy atom. The molecule has 0 aromatic heterocycles. The highest BCUT2D eigenvalue weighted by atomic mass is 32.2. The standard InChI is InChI=1S/C6H11S2/c1-3-6-4-7-5(2)8-6/h6H,3-4H2,1-2H3. The van der Waals surface area contributed by atoms with Gasteiger partial charge in [0, 0.05) is 11.0 Å². The van der Waals surface area contributed by atoms with Crippen molar-refractivity contribution in [1.82, 2.24) is 0 Å². The number of thioether (sulfide) groups is 2. The lowest BCUT2D eigenvalue weighted by atomic mass is 10.4. The lowest BCUT2D eigenvalue weighted by molar-refractivity contribution is 0.925. The van der Waals surface area contributed by atoms with Crippen molar-refractivity contribution in [3.63, 3.8) is 0 Å². The minimum Gasteiger partial charge on any atom is -0.141 e. The van der Waals surface area contributed by atoms with Gasteiger partial charge in [0.2, 0.25) is 0 Å². The van der Waals surface area contributed by atoms with E-state index in [0.717, 1.165) is 5.25 Å². The van der Waals surface area contributed by atoms with Gasteiger partial charge in [0.25, 0.3) is 0 Å². The molecule has 0 spiro atoms. The first-order valence-corrected chi connectivity index (χ1v) is 4.82. The molecule has 1 fully saturated rings. The third-order valence-electron chi connectivity index (χ3n) is 1.26. The summed E-state index contributed by atoms with van der Waals surface area (Å²) in [6.45, 7) is 4.47. The lowest BCUT2D eigenvalue weighted by Crippen LogP contribution is -1.95. The normalized spacial score (nSPS) is 31.5. The van der Waals surface area contributed by atoms with Crippen molar-refractivity contribution < 1.29 is 0 Å². The first kappa shape index (κ1) is 6.81. The van der Waals surface area contributed by atoms with Crippen LogP contribution in [0.4, 0.5) is 0 Å². The Balaban J connectivity index is 2.22. The van der Waals surface area contributed by atoms with Crippen LogP contribution < -0.4 is 0 Å². The molecule has 1 unspecified atom stereocenters. The zero-order chi connectivity index (χ0) is 5.98. The van der Waals surface area contributed by atoms with E-state index in [9.17, 15) is 0 Å². The highest BCUT2D eigenvalue weighted by Crippen LogP contribution is 2.44. The third-order valence-corrected chi connectivity index (χ3v) is 4.25. The molecule has 0 nitrogen and oxygen atoms in total. The summed E-state index contributed by atoms with van der Waals surface area (Å²) < 4.78 is 1.55. The summed E-state index contributed by atoms with van der Waals surface area (Å²) in [6, 6.07) is 0. The average Bonchev–Trinajstić information content (AvgIpc) is 2.14. The second-order valence-electron chi connectivity index (χ2n) is 1.95. The van der Waals surface area contributed by atoms with Crippen molar-refractivity contribution >= 4 is 23.5 Å². The summed E-state index contributed by atoms with van der Waals surface area (Å²) in [6.07, 6.45) is 1.33. The second-order valence-corrected chi connectivity index (χ2v) is 4.96. The molecule has 47 valence electrons. The SMILES string of the molecule is CCC1CS[C](C)S1. The van der Waals surface area contributed by atoms with Crippen LogP contribution in [0, 0.1) is 4.58 Å².